The minimum absolute atomic E-state index is 0.119. The van der Waals surface area contributed by atoms with Gasteiger partial charge in [-0.1, -0.05) is 15.9 Å². The molecule has 1 aliphatic rings. The van der Waals surface area contributed by atoms with Crippen molar-refractivity contribution in [2.75, 3.05) is 0 Å². The molecular weight excluding hydrogens is 558 g/mol. The Morgan fingerprint density at radius 3 is 1.65 bits per heavy atom. The van der Waals surface area contributed by atoms with Crippen LogP contribution in [0.2, 0.25) is 0 Å². The Balaban J connectivity index is 0.000000325. The first-order chi connectivity index (χ1) is 15.4. The number of hydrogen-bond acceptors (Lipinski definition) is 8. The van der Waals surface area contributed by atoms with Crippen molar-refractivity contribution < 1.29 is 29.4 Å². The Morgan fingerprint density at radius 2 is 1.26 bits per heavy atom. The number of rotatable bonds is 3. The number of hydrogen-bond donors (Lipinski definition) is 2. The van der Waals surface area contributed by atoms with Gasteiger partial charge in [-0.3, -0.25) is 20.2 Å². The molecule has 1 heterocycles. The van der Waals surface area contributed by atoms with Gasteiger partial charge < -0.3 is 19.5 Å². The fraction of sp³-hybridized carbons (Fsp3) is 0.400. The van der Waals surface area contributed by atoms with Crippen molar-refractivity contribution in [2.45, 2.75) is 50.7 Å². The maximum Gasteiger partial charge on any atom is 0.495 e. The molecule has 1 saturated heterocycles. The lowest BCUT2D eigenvalue weighted by molar-refractivity contribution is -0.385. The Hall–Kier alpha value is -2.12. The van der Waals surface area contributed by atoms with E-state index < -0.39 is 28.2 Å². The smallest absolute Gasteiger partial charge is 0.495 e. The largest absolute Gasteiger partial charge is 0.508 e. The zero-order chi connectivity index (χ0) is 26.4. The van der Waals surface area contributed by atoms with Crippen LogP contribution in [0.1, 0.15) is 34.6 Å². The number of aromatic hydroxyl groups is 2. The molecular formula is C20H24BBrCl2N2O8. The predicted octanol–water partition coefficient (Wildman–Crippen LogP) is 5.47. The molecule has 0 saturated carbocycles. The monoisotopic (exact) mass is 580 g/mol. The Kier molecular flexibility index (Phi) is 10.6. The maximum absolute atomic E-state index is 10.8. The highest BCUT2D eigenvalue weighted by molar-refractivity contribution is 9.10. The van der Waals surface area contributed by atoms with Crippen molar-refractivity contribution in [3.05, 3.63) is 61.1 Å². The average Bonchev–Trinajstić information content (AvgIpc) is 2.88. The summed E-state index contributed by atoms with van der Waals surface area (Å²) in [7, 11) is -0.726. The molecule has 0 bridgehead atoms. The van der Waals surface area contributed by atoms with Crippen LogP contribution in [0.25, 0.3) is 0 Å². The molecule has 1 fully saturated rings. The summed E-state index contributed by atoms with van der Waals surface area (Å²) in [6.07, 6.45) is 0. The van der Waals surface area contributed by atoms with E-state index in [0.717, 1.165) is 12.1 Å². The van der Waals surface area contributed by atoms with Gasteiger partial charge >= 0.3 is 7.12 Å². The number of nitro benzene ring substituents is 2. The van der Waals surface area contributed by atoms with Gasteiger partial charge in [-0.2, -0.15) is 0 Å². The van der Waals surface area contributed by atoms with E-state index in [1.165, 1.54) is 24.3 Å². The molecule has 2 aromatic carbocycles. The van der Waals surface area contributed by atoms with Crippen LogP contribution in [0.15, 0.2) is 40.9 Å². The van der Waals surface area contributed by atoms with Crippen LogP contribution in [0.4, 0.5) is 11.4 Å². The number of nitrogens with zero attached hydrogens (tertiary/aromatic N) is 2. The normalized spacial score (nSPS) is 15.6. The number of halogens is 3. The minimum atomic E-state index is -0.726. The molecule has 2 N–H and O–H groups in total. The van der Waals surface area contributed by atoms with Crippen molar-refractivity contribution in [3.8, 4) is 11.5 Å². The van der Waals surface area contributed by atoms with Gasteiger partial charge in [-0.05, 0) is 52.2 Å². The standard InChI is InChI=1S/C12H16BNO5.C6H4BrNO3.C2H4Cl2/c1-11(2)12(3,4)19-13(18-11)8-5-9(14(16)17)7-10(15)6-8;7-4-1-5(8(10)11)3-6(9)2-4;1-2(3)4/h5-7,15H,1-4H3;1-3,9H;2H,1H3. The van der Waals surface area contributed by atoms with Crippen LogP contribution in [0.3, 0.4) is 0 Å². The van der Waals surface area contributed by atoms with Crippen LogP contribution in [-0.2, 0) is 9.31 Å². The van der Waals surface area contributed by atoms with Crippen LogP contribution >= 0.6 is 39.1 Å². The third kappa shape index (κ3) is 8.92. The number of phenolic OH excluding ortho intramolecular Hbond substituents is 2. The highest BCUT2D eigenvalue weighted by Gasteiger charge is 2.52. The highest BCUT2D eigenvalue weighted by Crippen LogP contribution is 2.37. The molecule has 34 heavy (non-hydrogen) atoms. The Morgan fingerprint density at radius 1 is 0.882 bits per heavy atom. The zero-order valence-electron chi connectivity index (χ0n) is 19.0. The number of phenols is 2. The van der Waals surface area contributed by atoms with Crippen LogP contribution in [-0.4, -0.2) is 43.2 Å². The fourth-order valence-electron chi connectivity index (χ4n) is 2.50. The summed E-state index contributed by atoms with van der Waals surface area (Å²) in [5, 5.41) is 39.4. The quantitative estimate of drug-likeness (QED) is 0.210. The molecule has 0 spiro atoms. The third-order valence-electron chi connectivity index (χ3n) is 4.74. The predicted molar refractivity (Wildman–Crippen MR) is 134 cm³/mol. The first-order valence-electron chi connectivity index (χ1n) is 9.71. The summed E-state index contributed by atoms with van der Waals surface area (Å²) < 4.78 is 12.1. The van der Waals surface area contributed by atoms with Crippen molar-refractivity contribution >= 4 is 63.1 Å². The summed E-state index contributed by atoms with van der Waals surface area (Å²) in [4.78, 5) is 19.6. The summed E-state index contributed by atoms with van der Waals surface area (Å²) in [6.45, 7) is 9.27. The molecule has 0 aromatic heterocycles. The van der Waals surface area contributed by atoms with E-state index in [1.54, 1.807) is 6.92 Å². The van der Waals surface area contributed by atoms with Crippen LogP contribution in [0.5, 0.6) is 11.5 Å². The van der Waals surface area contributed by atoms with E-state index >= 15 is 0 Å². The van der Waals surface area contributed by atoms with Gasteiger partial charge in [0.1, 0.15) is 16.3 Å². The molecule has 2 aromatic rings. The lowest BCUT2D eigenvalue weighted by Crippen LogP contribution is -2.41. The van der Waals surface area contributed by atoms with Gasteiger partial charge in [0.05, 0.1) is 33.2 Å². The van der Waals surface area contributed by atoms with E-state index in [9.17, 15) is 25.3 Å². The second kappa shape index (κ2) is 12.0. The summed E-state index contributed by atoms with van der Waals surface area (Å²) >= 11 is 13.1. The van der Waals surface area contributed by atoms with E-state index in [2.05, 4.69) is 15.9 Å². The molecule has 0 unspecified atom stereocenters. The average molecular weight is 582 g/mol. The third-order valence-corrected chi connectivity index (χ3v) is 5.20. The van der Waals surface area contributed by atoms with Crippen molar-refractivity contribution in [1.82, 2.24) is 0 Å². The zero-order valence-corrected chi connectivity index (χ0v) is 22.1. The molecule has 0 amide bonds. The lowest BCUT2D eigenvalue weighted by atomic mass is 9.79. The summed E-state index contributed by atoms with van der Waals surface area (Å²) in [5.74, 6) is -0.301. The van der Waals surface area contributed by atoms with E-state index in [-0.39, 0.29) is 27.7 Å². The van der Waals surface area contributed by atoms with Gasteiger partial charge in [0.2, 0.25) is 0 Å². The van der Waals surface area contributed by atoms with E-state index in [1.807, 2.05) is 27.7 Å². The Bertz CT molecular complexity index is 1000. The molecule has 10 nitrogen and oxygen atoms in total. The topological polar surface area (TPSA) is 145 Å². The lowest BCUT2D eigenvalue weighted by Gasteiger charge is -2.32. The molecule has 3 rings (SSSR count). The number of alkyl halides is 2. The van der Waals surface area contributed by atoms with Crippen molar-refractivity contribution in [1.29, 1.82) is 0 Å². The first-order valence-corrected chi connectivity index (χ1v) is 11.4. The molecule has 0 atom stereocenters. The highest BCUT2D eigenvalue weighted by atomic mass is 79.9. The second-order valence-corrected chi connectivity index (χ2v) is 10.5. The van der Waals surface area contributed by atoms with Crippen molar-refractivity contribution in [3.63, 3.8) is 0 Å². The van der Waals surface area contributed by atoms with Crippen molar-refractivity contribution in [2.24, 2.45) is 0 Å². The minimum Gasteiger partial charge on any atom is -0.508 e. The van der Waals surface area contributed by atoms with Gasteiger partial charge in [-0.25, -0.2) is 0 Å². The number of nitro groups is 2. The van der Waals surface area contributed by atoms with Gasteiger partial charge in [-0.15, -0.1) is 23.2 Å². The molecule has 1 aliphatic heterocycles. The molecule has 0 radical (unpaired) electrons. The van der Waals surface area contributed by atoms with Crippen LogP contribution in [0, 0.1) is 20.2 Å². The fourth-order valence-corrected chi connectivity index (χ4v) is 2.97. The number of benzene rings is 2. The molecule has 0 aliphatic carbocycles. The number of non-ortho nitro benzene ring substituents is 2. The van der Waals surface area contributed by atoms with Gasteiger partial charge in [0.15, 0.2) is 0 Å². The van der Waals surface area contributed by atoms with E-state index in [4.69, 9.17) is 37.6 Å². The first kappa shape index (κ1) is 29.9. The second-order valence-electron chi connectivity index (χ2n) is 8.07. The summed E-state index contributed by atoms with van der Waals surface area (Å²) in [6, 6.07) is 7.64. The molecule has 186 valence electrons. The maximum atomic E-state index is 10.8. The van der Waals surface area contributed by atoms with Gasteiger partial charge in [0, 0.05) is 16.6 Å². The summed E-state index contributed by atoms with van der Waals surface area (Å²) in [5.41, 5.74) is -0.942. The SMILES string of the molecule is CC(Cl)Cl.CC1(C)OB(c2cc(O)cc([N+](=O)[O-])c2)OC1(C)C.O=[N+]([O-])c1cc(O)cc(Br)c1. The van der Waals surface area contributed by atoms with E-state index in [0.29, 0.717) is 9.94 Å². The van der Waals surface area contributed by atoms with Crippen LogP contribution < -0.4 is 5.46 Å². The van der Waals surface area contributed by atoms with Gasteiger partial charge in [0.25, 0.3) is 11.4 Å². The Labute approximate surface area is 215 Å². The molecule has 14 heteroatoms.